The molecule has 0 saturated carbocycles. The van der Waals surface area contributed by atoms with E-state index >= 15 is 0 Å². The van der Waals surface area contributed by atoms with Crippen molar-refractivity contribution in [2.24, 2.45) is 0 Å². The summed E-state index contributed by atoms with van der Waals surface area (Å²) in [5.41, 5.74) is 0. The van der Waals surface area contributed by atoms with Gasteiger partial charge in [0.2, 0.25) is 5.91 Å². The van der Waals surface area contributed by atoms with Crippen LogP contribution in [-0.2, 0) is 11.3 Å². The van der Waals surface area contributed by atoms with E-state index in [1.54, 1.807) is 12.3 Å². The molecule has 1 heterocycles. The molecule has 0 aromatic carbocycles. The van der Waals surface area contributed by atoms with Crippen molar-refractivity contribution in [3.05, 3.63) is 12.3 Å². The van der Waals surface area contributed by atoms with Crippen molar-refractivity contribution in [3.63, 3.8) is 0 Å². The minimum Gasteiger partial charge on any atom is -0.309 e. The lowest BCUT2D eigenvalue weighted by molar-refractivity contribution is -0.116. The number of carbonyl (C=O) groups excluding carboxylic acids is 1. The van der Waals surface area contributed by atoms with Crippen molar-refractivity contribution in [1.82, 2.24) is 9.78 Å². The molecule has 0 aliphatic heterocycles. The fraction of sp³-hybridized carbons (Fsp3) is 0.500. The first-order valence-corrected chi connectivity index (χ1v) is 4.96. The van der Waals surface area contributed by atoms with Gasteiger partial charge in [0.25, 0.3) is 0 Å². The van der Waals surface area contributed by atoms with E-state index in [1.807, 2.05) is 13.0 Å². The van der Waals surface area contributed by atoms with E-state index in [0.29, 0.717) is 12.2 Å². The molecule has 0 fully saturated rings. The summed E-state index contributed by atoms with van der Waals surface area (Å²) in [6, 6.07) is 3.65. The van der Waals surface area contributed by atoms with Crippen LogP contribution in [0.3, 0.4) is 0 Å². The van der Waals surface area contributed by atoms with E-state index in [2.05, 4.69) is 10.4 Å². The molecular weight excluding hydrogens is 192 g/mol. The van der Waals surface area contributed by atoms with Crippen LogP contribution in [0.15, 0.2) is 12.3 Å². The highest BCUT2D eigenvalue weighted by Gasteiger charge is 2.03. The molecule has 1 N–H and O–H groups in total. The molecule has 15 heavy (non-hydrogen) atoms. The normalized spacial score (nSPS) is 9.60. The second-order valence-electron chi connectivity index (χ2n) is 3.21. The van der Waals surface area contributed by atoms with Gasteiger partial charge in [-0.3, -0.25) is 9.48 Å². The molecule has 0 bridgehead atoms. The molecule has 80 valence electrons. The maximum atomic E-state index is 11.3. The number of nitriles is 1. The number of hydrogen-bond donors (Lipinski definition) is 1. The zero-order valence-electron chi connectivity index (χ0n) is 8.73. The van der Waals surface area contributed by atoms with Gasteiger partial charge < -0.3 is 5.32 Å². The number of carbonyl (C=O) groups is 1. The summed E-state index contributed by atoms with van der Waals surface area (Å²) in [7, 11) is 0. The summed E-state index contributed by atoms with van der Waals surface area (Å²) in [6.07, 6.45) is 4.06. The Labute approximate surface area is 88.7 Å². The lowest BCUT2D eigenvalue weighted by Crippen LogP contribution is -2.11. The zero-order chi connectivity index (χ0) is 11.1. The summed E-state index contributed by atoms with van der Waals surface area (Å²) in [5, 5.41) is 15.1. The topological polar surface area (TPSA) is 70.7 Å². The van der Waals surface area contributed by atoms with Crippen LogP contribution in [0.25, 0.3) is 0 Å². The molecule has 1 rings (SSSR count). The molecule has 0 aliphatic carbocycles. The fourth-order valence-electron chi connectivity index (χ4n) is 1.13. The molecular formula is C10H14N4O. The maximum absolute atomic E-state index is 11.3. The molecule has 0 aliphatic rings. The highest BCUT2D eigenvalue weighted by Crippen LogP contribution is 2.04. The van der Waals surface area contributed by atoms with Gasteiger partial charge in [0.15, 0.2) is 5.82 Å². The number of unbranched alkanes of at least 4 members (excludes halogenated alkanes) is 1. The molecule has 0 spiro atoms. The third kappa shape index (κ3) is 3.81. The van der Waals surface area contributed by atoms with Crippen molar-refractivity contribution in [2.75, 3.05) is 5.32 Å². The van der Waals surface area contributed by atoms with Gasteiger partial charge in [0.1, 0.15) is 6.54 Å². The Morgan fingerprint density at radius 2 is 2.53 bits per heavy atom. The van der Waals surface area contributed by atoms with Crippen molar-refractivity contribution in [2.45, 2.75) is 32.7 Å². The van der Waals surface area contributed by atoms with Crippen LogP contribution in [0, 0.1) is 11.3 Å². The van der Waals surface area contributed by atoms with Crippen LogP contribution in [-0.4, -0.2) is 15.7 Å². The maximum Gasteiger partial charge on any atom is 0.225 e. The largest absolute Gasteiger partial charge is 0.309 e. The van der Waals surface area contributed by atoms with Crippen LogP contribution in [0.5, 0.6) is 0 Å². The Kier molecular flexibility index (Phi) is 4.35. The number of nitrogens with one attached hydrogen (secondary N) is 1. The Bertz CT molecular complexity index is 364. The average molecular weight is 206 g/mol. The van der Waals surface area contributed by atoms with Gasteiger partial charge in [-0.25, -0.2) is 0 Å². The number of amides is 1. The van der Waals surface area contributed by atoms with Crippen LogP contribution >= 0.6 is 0 Å². The molecule has 5 nitrogen and oxygen atoms in total. The second kappa shape index (κ2) is 5.81. The number of nitrogens with zero attached hydrogens (tertiary/aromatic N) is 3. The average Bonchev–Trinajstić information content (AvgIpc) is 2.63. The van der Waals surface area contributed by atoms with Gasteiger partial charge in [-0.05, 0) is 6.42 Å². The zero-order valence-corrected chi connectivity index (χ0v) is 8.73. The van der Waals surface area contributed by atoms with Crippen molar-refractivity contribution < 1.29 is 4.79 Å². The summed E-state index contributed by atoms with van der Waals surface area (Å²) in [4.78, 5) is 11.3. The first-order chi connectivity index (χ1) is 7.26. The second-order valence-corrected chi connectivity index (χ2v) is 3.21. The number of aromatic nitrogens is 2. The number of rotatable bonds is 5. The Hall–Kier alpha value is -1.83. The SMILES string of the molecule is CCCCC(=O)Nc1ccn(CC#N)n1. The lowest BCUT2D eigenvalue weighted by atomic mass is 10.2. The van der Waals surface area contributed by atoms with Crippen LogP contribution in [0.2, 0.25) is 0 Å². The van der Waals surface area contributed by atoms with Gasteiger partial charge in [-0.1, -0.05) is 13.3 Å². The minimum absolute atomic E-state index is 0.0287. The third-order valence-corrected chi connectivity index (χ3v) is 1.90. The van der Waals surface area contributed by atoms with Crippen LogP contribution in [0.4, 0.5) is 5.82 Å². The molecule has 5 heteroatoms. The number of anilines is 1. The number of hydrogen-bond acceptors (Lipinski definition) is 3. The molecule has 0 atom stereocenters. The van der Waals surface area contributed by atoms with Crippen molar-refractivity contribution in [1.29, 1.82) is 5.26 Å². The standard InChI is InChI=1S/C10H14N4O/c1-2-3-4-10(15)12-9-5-7-14(13-9)8-6-11/h5,7H,2-4,8H2,1H3,(H,12,13,15). The predicted octanol–water partition coefficient (Wildman–Crippen LogP) is 1.54. The van der Waals surface area contributed by atoms with Gasteiger partial charge >= 0.3 is 0 Å². The van der Waals surface area contributed by atoms with E-state index in [4.69, 9.17) is 5.26 Å². The van der Waals surface area contributed by atoms with E-state index in [-0.39, 0.29) is 12.5 Å². The van der Waals surface area contributed by atoms with Gasteiger partial charge in [0.05, 0.1) is 6.07 Å². The molecule has 1 aromatic rings. The van der Waals surface area contributed by atoms with Crippen LogP contribution in [0.1, 0.15) is 26.2 Å². The highest BCUT2D eigenvalue weighted by atomic mass is 16.1. The Balaban J connectivity index is 2.43. The van der Waals surface area contributed by atoms with E-state index < -0.39 is 0 Å². The van der Waals surface area contributed by atoms with E-state index in [9.17, 15) is 4.79 Å². The van der Waals surface area contributed by atoms with Gasteiger partial charge in [-0.2, -0.15) is 10.4 Å². The third-order valence-electron chi connectivity index (χ3n) is 1.90. The van der Waals surface area contributed by atoms with E-state index in [0.717, 1.165) is 12.8 Å². The van der Waals surface area contributed by atoms with Gasteiger partial charge in [-0.15, -0.1) is 0 Å². The quantitative estimate of drug-likeness (QED) is 0.794. The Morgan fingerprint density at radius 3 is 3.20 bits per heavy atom. The molecule has 0 saturated heterocycles. The smallest absolute Gasteiger partial charge is 0.225 e. The summed E-state index contributed by atoms with van der Waals surface area (Å²) >= 11 is 0. The first-order valence-electron chi connectivity index (χ1n) is 4.96. The van der Waals surface area contributed by atoms with Crippen molar-refractivity contribution in [3.8, 4) is 6.07 Å². The highest BCUT2D eigenvalue weighted by molar-refractivity contribution is 5.89. The first kappa shape index (κ1) is 11.2. The van der Waals surface area contributed by atoms with Crippen LogP contribution < -0.4 is 5.32 Å². The summed E-state index contributed by atoms with van der Waals surface area (Å²) in [5.74, 6) is 0.477. The fourth-order valence-corrected chi connectivity index (χ4v) is 1.13. The van der Waals surface area contributed by atoms with Gasteiger partial charge in [0, 0.05) is 18.7 Å². The molecule has 1 amide bonds. The minimum atomic E-state index is -0.0287. The monoisotopic (exact) mass is 206 g/mol. The molecule has 1 aromatic heterocycles. The van der Waals surface area contributed by atoms with E-state index in [1.165, 1.54) is 4.68 Å². The molecule has 0 radical (unpaired) electrons. The van der Waals surface area contributed by atoms with Crippen molar-refractivity contribution >= 4 is 11.7 Å². The summed E-state index contributed by atoms with van der Waals surface area (Å²) < 4.78 is 1.48. The molecule has 0 unspecified atom stereocenters. The lowest BCUT2D eigenvalue weighted by Gasteiger charge is -1.99. The Morgan fingerprint density at radius 1 is 1.73 bits per heavy atom. The predicted molar refractivity (Wildman–Crippen MR) is 56.0 cm³/mol. The summed E-state index contributed by atoms with van der Waals surface area (Å²) in [6.45, 7) is 2.24.